The van der Waals surface area contributed by atoms with E-state index in [9.17, 15) is 19.2 Å². The van der Waals surface area contributed by atoms with Crippen molar-refractivity contribution >= 4 is 39.3 Å². The van der Waals surface area contributed by atoms with Crippen LogP contribution in [0.25, 0.3) is 10.2 Å². The van der Waals surface area contributed by atoms with Crippen molar-refractivity contribution in [1.29, 1.82) is 0 Å². The van der Waals surface area contributed by atoms with E-state index in [1.807, 2.05) is 35.0 Å². The number of likely N-dealkylation sites (tertiary alicyclic amines) is 1. The van der Waals surface area contributed by atoms with Crippen LogP contribution in [0.2, 0.25) is 0 Å². The Balaban J connectivity index is 1.42. The highest BCUT2D eigenvalue weighted by Crippen LogP contribution is 2.28. The van der Waals surface area contributed by atoms with Crippen molar-refractivity contribution in [2.75, 3.05) is 13.1 Å². The molecule has 37 heavy (non-hydrogen) atoms. The summed E-state index contributed by atoms with van der Waals surface area (Å²) in [5.41, 5.74) is 0.216. The fourth-order valence-electron chi connectivity index (χ4n) is 4.67. The number of ether oxygens (including phenoxy) is 1. The Bertz CT molecular complexity index is 1340. The normalized spacial score (nSPS) is 15.5. The monoisotopic (exact) mass is 527 g/mol. The van der Waals surface area contributed by atoms with E-state index in [1.54, 1.807) is 36.4 Å². The molecule has 1 saturated heterocycles. The largest absolute Gasteiger partial charge is 0.460 e. The third-order valence-electron chi connectivity index (χ3n) is 6.25. The van der Waals surface area contributed by atoms with Gasteiger partial charge in [-0.25, -0.2) is 4.98 Å². The molecule has 1 aliphatic heterocycles. The SMILES string of the molecule is CC(=O)NC(CC(=O)OC(C)(C)C)C(=O)N1CCC(c2nccn2Cn2c(=O)sc3ccccc32)CC1. The quantitative estimate of drug-likeness (QED) is 0.473. The van der Waals surface area contributed by atoms with Crippen LogP contribution in [-0.4, -0.2) is 61.5 Å². The number of para-hydroxylation sites is 1. The van der Waals surface area contributed by atoms with Gasteiger partial charge >= 0.3 is 10.8 Å². The maximum atomic E-state index is 13.2. The number of carbonyl (C=O) groups is 3. The summed E-state index contributed by atoms with van der Waals surface area (Å²) in [6, 6.07) is 6.76. The van der Waals surface area contributed by atoms with Crippen LogP contribution in [-0.2, 0) is 25.8 Å². The second kappa shape index (κ2) is 10.9. The fraction of sp³-hybridized carbons (Fsp3) is 0.500. The number of fused-ring (bicyclic) bond motifs is 1. The first-order valence-electron chi connectivity index (χ1n) is 12.4. The Hall–Kier alpha value is -3.47. The van der Waals surface area contributed by atoms with Crippen LogP contribution in [0.5, 0.6) is 0 Å². The standard InChI is InChI=1S/C26H33N5O5S/c1-17(32)28-19(15-22(33)36-26(2,3)4)24(34)29-12-9-18(10-13-29)23-27-11-14-30(23)16-31-20-7-5-6-8-21(20)37-25(31)35/h5-8,11,14,18-19H,9-10,12-13,15-16H2,1-4H3,(H,28,32). The van der Waals surface area contributed by atoms with Gasteiger partial charge in [0.2, 0.25) is 11.8 Å². The highest BCUT2D eigenvalue weighted by Gasteiger charge is 2.33. The summed E-state index contributed by atoms with van der Waals surface area (Å²) in [5.74, 6) is -0.215. The number of nitrogens with one attached hydrogen (secondary N) is 1. The van der Waals surface area contributed by atoms with E-state index in [1.165, 1.54) is 18.3 Å². The number of hydrogen-bond donors (Lipinski definition) is 1. The minimum Gasteiger partial charge on any atom is -0.460 e. The number of carbonyl (C=O) groups excluding carboxylic acids is 3. The summed E-state index contributed by atoms with van der Waals surface area (Å²) in [4.78, 5) is 56.1. The molecule has 2 amide bonds. The van der Waals surface area contributed by atoms with Crippen LogP contribution in [0, 0.1) is 0 Å². The molecule has 1 fully saturated rings. The molecule has 1 aromatic carbocycles. The molecular formula is C26H33N5O5S. The van der Waals surface area contributed by atoms with Gasteiger partial charge < -0.3 is 19.5 Å². The second-order valence-corrected chi connectivity index (χ2v) is 11.3. The fourth-order valence-corrected chi connectivity index (χ4v) is 5.56. The molecule has 1 aliphatic rings. The second-order valence-electron chi connectivity index (χ2n) is 10.3. The van der Waals surface area contributed by atoms with Crippen molar-refractivity contribution in [2.24, 2.45) is 0 Å². The first kappa shape index (κ1) is 26.6. The smallest absolute Gasteiger partial charge is 0.309 e. The molecular weight excluding hydrogens is 494 g/mol. The summed E-state index contributed by atoms with van der Waals surface area (Å²) in [5, 5.41) is 2.61. The molecule has 3 aromatic rings. The molecule has 198 valence electrons. The van der Waals surface area contributed by atoms with Gasteiger partial charge in [0.05, 0.1) is 16.6 Å². The number of aromatic nitrogens is 3. The molecule has 0 spiro atoms. The van der Waals surface area contributed by atoms with Crippen molar-refractivity contribution in [3.05, 3.63) is 52.2 Å². The van der Waals surface area contributed by atoms with Crippen molar-refractivity contribution in [1.82, 2.24) is 24.3 Å². The van der Waals surface area contributed by atoms with Gasteiger partial charge in [-0.1, -0.05) is 23.5 Å². The zero-order valence-electron chi connectivity index (χ0n) is 21.6. The summed E-state index contributed by atoms with van der Waals surface area (Å²) >= 11 is 1.23. The Labute approximate surface area is 219 Å². The lowest BCUT2D eigenvalue weighted by atomic mass is 9.95. The summed E-state index contributed by atoms with van der Waals surface area (Å²) in [6.45, 7) is 7.91. The third-order valence-corrected chi connectivity index (χ3v) is 7.21. The predicted octanol–water partition coefficient (Wildman–Crippen LogP) is 2.71. The van der Waals surface area contributed by atoms with E-state index in [-0.39, 0.29) is 29.0 Å². The lowest BCUT2D eigenvalue weighted by Gasteiger charge is -2.34. The molecule has 0 aliphatic carbocycles. The van der Waals surface area contributed by atoms with E-state index in [2.05, 4.69) is 10.3 Å². The number of piperidine rings is 1. The van der Waals surface area contributed by atoms with Crippen LogP contribution in [0.15, 0.2) is 41.5 Å². The summed E-state index contributed by atoms with van der Waals surface area (Å²) in [7, 11) is 0. The number of hydrogen-bond acceptors (Lipinski definition) is 7. The Morgan fingerprint density at radius 1 is 1.19 bits per heavy atom. The van der Waals surface area contributed by atoms with Crippen molar-refractivity contribution < 1.29 is 19.1 Å². The molecule has 2 aromatic heterocycles. The number of imidazole rings is 1. The zero-order valence-corrected chi connectivity index (χ0v) is 22.4. The molecule has 0 saturated carbocycles. The molecule has 1 atom stereocenters. The van der Waals surface area contributed by atoms with Gasteiger partial charge in [0.25, 0.3) is 0 Å². The predicted molar refractivity (Wildman–Crippen MR) is 140 cm³/mol. The molecule has 3 heterocycles. The van der Waals surface area contributed by atoms with Crippen molar-refractivity contribution in [3.63, 3.8) is 0 Å². The lowest BCUT2D eigenvalue weighted by molar-refractivity contribution is -0.157. The van der Waals surface area contributed by atoms with Crippen LogP contribution in [0.4, 0.5) is 0 Å². The van der Waals surface area contributed by atoms with Crippen LogP contribution in [0.1, 0.15) is 58.7 Å². The molecule has 11 heteroatoms. The maximum absolute atomic E-state index is 13.2. The Morgan fingerprint density at radius 2 is 1.89 bits per heavy atom. The third kappa shape index (κ3) is 6.46. The first-order valence-corrected chi connectivity index (χ1v) is 13.2. The van der Waals surface area contributed by atoms with Gasteiger partial charge in [0.1, 0.15) is 24.1 Å². The minimum absolute atomic E-state index is 0.0183. The molecule has 0 radical (unpaired) electrons. The van der Waals surface area contributed by atoms with Gasteiger partial charge in [-0.05, 0) is 45.7 Å². The number of benzene rings is 1. The van der Waals surface area contributed by atoms with Crippen LogP contribution in [0.3, 0.4) is 0 Å². The van der Waals surface area contributed by atoms with Gasteiger partial charge in [0, 0.05) is 38.3 Å². The van der Waals surface area contributed by atoms with E-state index in [0.717, 1.165) is 16.0 Å². The van der Waals surface area contributed by atoms with Crippen molar-refractivity contribution in [3.8, 4) is 0 Å². The topological polar surface area (TPSA) is 116 Å². The van der Waals surface area contributed by atoms with Crippen molar-refractivity contribution in [2.45, 2.75) is 71.2 Å². The van der Waals surface area contributed by atoms with Crippen LogP contribution >= 0.6 is 11.3 Å². The van der Waals surface area contributed by atoms with Gasteiger partial charge in [-0.3, -0.25) is 23.7 Å². The zero-order chi connectivity index (χ0) is 26.7. The first-order chi connectivity index (χ1) is 17.5. The number of rotatable bonds is 7. The maximum Gasteiger partial charge on any atom is 0.309 e. The molecule has 4 rings (SSSR count). The van der Waals surface area contributed by atoms with Crippen LogP contribution < -0.4 is 10.2 Å². The van der Waals surface area contributed by atoms with Gasteiger partial charge in [0.15, 0.2) is 0 Å². The average molecular weight is 528 g/mol. The summed E-state index contributed by atoms with van der Waals surface area (Å²) < 4.78 is 10.0. The Kier molecular flexibility index (Phi) is 7.82. The summed E-state index contributed by atoms with van der Waals surface area (Å²) in [6.07, 6.45) is 4.76. The highest BCUT2D eigenvalue weighted by molar-refractivity contribution is 7.16. The van der Waals surface area contributed by atoms with Gasteiger partial charge in [-0.15, -0.1) is 0 Å². The number of thiazole rings is 1. The number of amides is 2. The van der Waals surface area contributed by atoms with E-state index < -0.39 is 17.6 Å². The molecule has 1 unspecified atom stereocenters. The lowest BCUT2D eigenvalue weighted by Crippen LogP contribution is -2.51. The molecule has 0 bridgehead atoms. The average Bonchev–Trinajstić information content (AvgIpc) is 3.41. The minimum atomic E-state index is -0.968. The number of esters is 1. The van der Waals surface area contributed by atoms with E-state index in [4.69, 9.17) is 4.74 Å². The number of nitrogens with zero attached hydrogens (tertiary/aromatic N) is 4. The molecule has 1 N–H and O–H groups in total. The van der Waals surface area contributed by atoms with E-state index >= 15 is 0 Å². The van der Waals surface area contributed by atoms with E-state index in [0.29, 0.717) is 32.6 Å². The highest BCUT2D eigenvalue weighted by atomic mass is 32.1. The van der Waals surface area contributed by atoms with Gasteiger partial charge in [-0.2, -0.15) is 0 Å². The Morgan fingerprint density at radius 3 is 2.57 bits per heavy atom. The molecule has 10 nitrogen and oxygen atoms in total.